The van der Waals surface area contributed by atoms with Crippen molar-refractivity contribution in [2.45, 2.75) is 45.3 Å². The standard InChI is InChI=1S/C24H27N9O/c1-16(11-26-24(25-2)28-19-9-17-5-3-4-6-18(17)10-19)21-12-32(15-27-21)14-23(34)33-8-7-20-22(13-33)30-31-29-20/h3-6,11-12,15,19H,2,7-10,13-14H2,1H3,(H,26,28)(H,29,30,31)/b16-11+. The zero-order valence-electron chi connectivity index (χ0n) is 19.1. The molecule has 0 saturated carbocycles. The molecular weight excluding hydrogens is 430 g/mol. The lowest BCUT2D eigenvalue weighted by Crippen LogP contribution is -2.37. The first kappa shape index (κ1) is 21.7. The maximum absolute atomic E-state index is 12.7. The maximum atomic E-state index is 12.7. The minimum absolute atomic E-state index is 0.0280. The summed E-state index contributed by atoms with van der Waals surface area (Å²) in [6.07, 6.45) is 7.89. The molecule has 5 rings (SSSR count). The Balaban J connectivity index is 1.18. The molecule has 2 aromatic heterocycles. The number of aromatic amines is 1. The smallest absolute Gasteiger partial charge is 0.242 e. The van der Waals surface area contributed by atoms with E-state index in [2.05, 4.69) is 61.7 Å². The molecule has 34 heavy (non-hydrogen) atoms. The average Bonchev–Trinajstić information content (AvgIpc) is 3.60. The van der Waals surface area contributed by atoms with Crippen molar-refractivity contribution in [2.24, 2.45) is 9.98 Å². The zero-order valence-corrected chi connectivity index (χ0v) is 19.1. The van der Waals surface area contributed by atoms with E-state index in [0.29, 0.717) is 25.5 Å². The number of rotatable bonds is 5. The van der Waals surface area contributed by atoms with Gasteiger partial charge in [0.25, 0.3) is 0 Å². The first-order chi connectivity index (χ1) is 16.6. The molecule has 10 nitrogen and oxygen atoms in total. The van der Waals surface area contributed by atoms with Crippen LogP contribution in [0.2, 0.25) is 0 Å². The highest BCUT2D eigenvalue weighted by Gasteiger charge is 2.24. The Bertz CT molecular complexity index is 1240. The number of H-pyrrole nitrogens is 1. The van der Waals surface area contributed by atoms with Crippen LogP contribution in [0.4, 0.5) is 0 Å². The van der Waals surface area contributed by atoms with Crippen molar-refractivity contribution in [2.75, 3.05) is 6.54 Å². The van der Waals surface area contributed by atoms with Crippen LogP contribution >= 0.6 is 0 Å². The van der Waals surface area contributed by atoms with Crippen molar-refractivity contribution in [3.8, 4) is 0 Å². The first-order valence-corrected chi connectivity index (χ1v) is 11.3. The lowest BCUT2D eigenvalue weighted by Gasteiger charge is -2.25. The van der Waals surface area contributed by atoms with Crippen LogP contribution in [0.5, 0.6) is 0 Å². The SMILES string of the molecule is C=NC(=NC1Cc2ccccc2C1)N/C=C(\C)c1cn(CC(=O)N2CCc3n[nH]nc3C2)cn1. The van der Waals surface area contributed by atoms with Gasteiger partial charge in [0.2, 0.25) is 11.9 Å². The minimum atomic E-state index is 0.0280. The number of carbonyl (C=O) groups is 1. The Kier molecular flexibility index (Phi) is 6.03. The number of nitrogens with zero attached hydrogens (tertiary/aromatic N) is 7. The number of hydrogen-bond donors (Lipinski definition) is 2. The van der Waals surface area contributed by atoms with Crippen molar-refractivity contribution in [3.63, 3.8) is 0 Å². The Morgan fingerprint density at radius 1 is 1.26 bits per heavy atom. The van der Waals surface area contributed by atoms with E-state index < -0.39 is 0 Å². The van der Waals surface area contributed by atoms with Crippen molar-refractivity contribution >= 4 is 24.2 Å². The number of fused-ring (bicyclic) bond motifs is 2. The molecule has 10 heteroatoms. The van der Waals surface area contributed by atoms with Gasteiger partial charge in [-0.05, 0) is 43.2 Å². The molecule has 0 radical (unpaired) electrons. The molecule has 0 unspecified atom stereocenters. The van der Waals surface area contributed by atoms with Crippen molar-refractivity contribution in [1.29, 1.82) is 0 Å². The largest absolute Gasteiger partial charge is 0.335 e. The van der Waals surface area contributed by atoms with Gasteiger partial charge in [-0.1, -0.05) is 24.3 Å². The average molecular weight is 458 g/mol. The molecule has 174 valence electrons. The quantitative estimate of drug-likeness (QED) is 0.447. The monoisotopic (exact) mass is 457 g/mol. The van der Waals surface area contributed by atoms with E-state index in [1.807, 2.05) is 19.3 Å². The summed E-state index contributed by atoms with van der Waals surface area (Å²) in [5.74, 6) is 0.518. The van der Waals surface area contributed by atoms with Gasteiger partial charge < -0.3 is 14.8 Å². The van der Waals surface area contributed by atoms with Crippen LogP contribution < -0.4 is 5.32 Å². The third-order valence-electron chi connectivity index (χ3n) is 6.27. The van der Waals surface area contributed by atoms with Gasteiger partial charge in [-0.15, -0.1) is 0 Å². The second kappa shape index (κ2) is 9.42. The fourth-order valence-electron chi connectivity index (χ4n) is 4.39. The third kappa shape index (κ3) is 4.66. The minimum Gasteiger partial charge on any atom is -0.335 e. The number of benzene rings is 1. The van der Waals surface area contributed by atoms with Gasteiger partial charge in [-0.2, -0.15) is 15.4 Å². The van der Waals surface area contributed by atoms with E-state index in [-0.39, 0.29) is 18.5 Å². The molecule has 2 N–H and O–H groups in total. The molecule has 0 fully saturated rings. The lowest BCUT2D eigenvalue weighted by molar-refractivity contribution is -0.132. The molecule has 1 aliphatic heterocycles. The number of imidazole rings is 1. The van der Waals surface area contributed by atoms with Crippen molar-refractivity contribution < 1.29 is 4.79 Å². The summed E-state index contributed by atoms with van der Waals surface area (Å²) in [6.45, 7) is 6.95. The summed E-state index contributed by atoms with van der Waals surface area (Å²) in [4.78, 5) is 27.8. The van der Waals surface area contributed by atoms with Gasteiger partial charge in [-0.3, -0.25) is 4.79 Å². The zero-order chi connectivity index (χ0) is 23.5. The van der Waals surface area contributed by atoms with Crippen LogP contribution in [0.3, 0.4) is 0 Å². The van der Waals surface area contributed by atoms with Gasteiger partial charge in [0.15, 0.2) is 0 Å². The van der Waals surface area contributed by atoms with E-state index in [0.717, 1.165) is 35.5 Å². The number of aromatic nitrogens is 5. The fraction of sp³-hybridized carbons (Fsp3) is 0.333. The summed E-state index contributed by atoms with van der Waals surface area (Å²) < 4.78 is 1.80. The van der Waals surface area contributed by atoms with Gasteiger partial charge in [0, 0.05) is 25.4 Å². The van der Waals surface area contributed by atoms with Crippen molar-refractivity contribution in [3.05, 3.63) is 71.2 Å². The predicted molar refractivity (Wildman–Crippen MR) is 129 cm³/mol. The number of carbonyl (C=O) groups excluding carboxylic acids is 1. The summed E-state index contributed by atoms with van der Waals surface area (Å²) >= 11 is 0. The van der Waals surface area contributed by atoms with Gasteiger partial charge in [0.1, 0.15) is 12.2 Å². The maximum Gasteiger partial charge on any atom is 0.242 e. The highest BCUT2D eigenvalue weighted by Crippen LogP contribution is 2.24. The number of amides is 1. The molecule has 0 saturated heterocycles. The van der Waals surface area contributed by atoms with Crippen LogP contribution in [-0.2, 0) is 37.1 Å². The molecule has 2 aliphatic rings. The Morgan fingerprint density at radius 2 is 2.03 bits per heavy atom. The van der Waals surface area contributed by atoms with Gasteiger partial charge in [-0.25, -0.2) is 15.0 Å². The number of aliphatic imine (C=N–C) groups is 2. The summed E-state index contributed by atoms with van der Waals surface area (Å²) in [5, 5.41) is 14.0. The van der Waals surface area contributed by atoms with Crippen molar-refractivity contribution in [1.82, 2.24) is 35.2 Å². The second-order valence-corrected chi connectivity index (χ2v) is 8.63. The van der Waals surface area contributed by atoms with E-state index in [4.69, 9.17) is 4.99 Å². The van der Waals surface area contributed by atoms with Crippen LogP contribution in [0, 0.1) is 0 Å². The van der Waals surface area contributed by atoms with Gasteiger partial charge >= 0.3 is 0 Å². The molecule has 0 spiro atoms. The molecule has 1 aliphatic carbocycles. The molecule has 3 heterocycles. The van der Waals surface area contributed by atoms with Crippen LogP contribution in [0.1, 0.15) is 35.1 Å². The Hall–Kier alpha value is -4.08. The fourth-order valence-corrected chi connectivity index (χ4v) is 4.39. The lowest BCUT2D eigenvalue weighted by atomic mass is 10.1. The molecule has 1 amide bonds. The molecular formula is C24H27N9O. The normalized spacial score (nSPS) is 16.3. The van der Waals surface area contributed by atoms with Crippen LogP contribution in [-0.4, -0.2) is 61.0 Å². The molecule has 0 bridgehead atoms. The number of allylic oxidation sites excluding steroid dienone is 1. The van der Waals surface area contributed by atoms with Crippen LogP contribution in [0.25, 0.3) is 5.57 Å². The summed E-state index contributed by atoms with van der Waals surface area (Å²) in [7, 11) is 0. The third-order valence-corrected chi connectivity index (χ3v) is 6.27. The topological polar surface area (TPSA) is 116 Å². The summed E-state index contributed by atoms with van der Waals surface area (Å²) in [5.41, 5.74) is 6.15. The van der Waals surface area contributed by atoms with E-state index in [1.54, 1.807) is 15.8 Å². The van der Waals surface area contributed by atoms with E-state index in [9.17, 15) is 4.79 Å². The van der Waals surface area contributed by atoms with Gasteiger partial charge in [0.05, 0.1) is 30.3 Å². The van der Waals surface area contributed by atoms with E-state index >= 15 is 0 Å². The summed E-state index contributed by atoms with van der Waals surface area (Å²) in [6, 6.07) is 8.59. The number of hydrogen-bond acceptors (Lipinski definition) is 5. The number of guanidine groups is 1. The predicted octanol–water partition coefficient (Wildman–Crippen LogP) is 1.76. The molecule has 1 aromatic carbocycles. The Labute approximate surface area is 197 Å². The molecule has 3 aromatic rings. The first-order valence-electron chi connectivity index (χ1n) is 11.3. The molecule has 0 atom stereocenters. The second-order valence-electron chi connectivity index (χ2n) is 8.63. The highest BCUT2D eigenvalue weighted by atomic mass is 16.2. The van der Waals surface area contributed by atoms with E-state index in [1.165, 1.54) is 11.1 Å². The number of nitrogens with one attached hydrogen (secondary N) is 2. The highest BCUT2D eigenvalue weighted by molar-refractivity contribution is 5.86. The van der Waals surface area contributed by atoms with Crippen LogP contribution in [0.15, 0.2) is 53.0 Å². The Morgan fingerprint density at radius 3 is 2.79 bits per heavy atom.